The minimum absolute atomic E-state index is 0.149. The van der Waals surface area contributed by atoms with Crippen LogP contribution in [0.15, 0.2) is 74.8 Å². The van der Waals surface area contributed by atoms with Crippen LogP contribution in [0.2, 0.25) is 0 Å². The third-order valence-corrected chi connectivity index (χ3v) is 6.17. The summed E-state index contributed by atoms with van der Waals surface area (Å²) in [5.74, 6) is 0.639. The number of hydrogen-bond acceptors (Lipinski definition) is 5. The summed E-state index contributed by atoms with van der Waals surface area (Å²) in [5, 5.41) is 0. The van der Waals surface area contributed by atoms with Gasteiger partial charge >= 0.3 is 11.4 Å². The van der Waals surface area contributed by atoms with Crippen molar-refractivity contribution in [2.24, 2.45) is 0 Å². The minimum atomic E-state index is -1.25. The molecule has 0 aliphatic rings. The Hall–Kier alpha value is -4.07. The molecule has 3 aromatic carbocycles. The van der Waals surface area contributed by atoms with Gasteiger partial charge in [0.25, 0.3) is 0 Å². The summed E-state index contributed by atoms with van der Waals surface area (Å²) in [7, 11) is 0. The summed E-state index contributed by atoms with van der Waals surface area (Å²) in [6.45, 7) is 8.09. The Bertz CT molecular complexity index is 1480. The first-order valence-corrected chi connectivity index (χ1v) is 12.1. The number of hydrogen-bond donors (Lipinski definition) is 1. The smallest absolute Gasteiger partial charge is 0.440 e. The summed E-state index contributed by atoms with van der Waals surface area (Å²) < 4.78 is 31.2. The van der Waals surface area contributed by atoms with Crippen molar-refractivity contribution in [2.75, 3.05) is 6.61 Å². The first kappa shape index (κ1) is 26.0. The van der Waals surface area contributed by atoms with Crippen LogP contribution in [0.5, 0.6) is 11.5 Å². The normalized spacial score (nSPS) is 11.5. The van der Waals surface area contributed by atoms with Gasteiger partial charge in [0.2, 0.25) is 0 Å². The molecular formula is C29H31FN2O5. The molecule has 37 heavy (non-hydrogen) atoms. The van der Waals surface area contributed by atoms with Crippen LogP contribution in [0.1, 0.15) is 42.5 Å². The standard InChI is InChI=1S/C29H31FN2O5/c1-19-16-24(35-15-14-29(3,4)30)12-13-25(19)26-7-5-6-22(20(26)2)18-36-23-10-8-21(9-11-23)17-32-27(33)31-28(34)37-32/h5-13,16H,14-15,17-18H2,1-4H3,(H,31,33,34). The monoisotopic (exact) mass is 506 g/mol. The molecule has 8 heteroatoms. The summed E-state index contributed by atoms with van der Waals surface area (Å²) in [6, 6.07) is 19.4. The number of nitrogens with zero attached hydrogens (tertiary/aromatic N) is 1. The maximum Gasteiger partial charge on any atom is 0.440 e. The Kier molecular flexibility index (Phi) is 7.66. The molecule has 1 heterocycles. The van der Waals surface area contributed by atoms with Crippen molar-refractivity contribution in [2.45, 2.75) is 52.9 Å². The van der Waals surface area contributed by atoms with E-state index in [0.717, 1.165) is 43.9 Å². The lowest BCUT2D eigenvalue weighted by molar-refractivity contribution is 0.161. The second kappa shape index (κ2) is 10.9. The van der Waals surface area contributed by atoms with Gasteiger partial charge in [-0.2, -0.15) is 0 Å². The lowest BCUT2D eigenvalue weighted by Crippen LogP contribution is -2.17. The van der Waals surface area contributed by atoms with Gasteiger partial charge in [0.1, 0.15) is 23.8 Å². The fraction of sp³-hybridized carbons (Fsp3) is 0.310. The molecule has 0 radical (unpaired) electrons. The minimum Gasteiger partial charge on any atom is -0.493 e. The van der Waals surface area contributed by atoms with Crippen LogP contribution < -0.4 is 20.9 Å². The summed E-state index contributed by atoms with van der Waals surface area (Å²) in [5.41, 5.74) is 4.44. The van der Waals surface area contributed by atoms with Gasteiger partial charge < -0.3 is 14.0 Å². The zero-order valence-corrected chi connectivity index (χ0v) is 21.5. The lowest BCUT2D eigenvalue weighted by Gasteiger charge is -2.17. The summed E-state index contributed by atoms with van der Waals surface area (Å²) in [4.78, 5) is 24.8. The van der Waals surface area contributed by atoms with Crippen LogP contribution in [0.25, 0.3) is 11.1 Å². The van der Waals surface area contributed by atoms with Crippen molar-refractivity contribution in [3.8, 4) is 22.6 Å². The largest absolute Gasteiger partial charge is 0.493 e. The number of H-pyrrole nitrogens is 1. The molecule has 0 aliphatic carbocycles. The van der Waals surface area contributed by atoms with Crippen LogP contribution in [0.3, 0.4) is 0 Å². The van der Waals surface area contributed by atoms with Crippen molar-refractivity contribution < 1.29 is 18.4 Å². The van der Waals surface area contributed by atoms with E-state index in [4.69, 9.17) is 14.0 Å². The molecule has 1 aromatic heterocycles. The van der Waals surface area contributed by atoms with Crippen LogP contribution in [0, 0.1) is 13.8 Å². The summed E-state index contributed by atoms with van der Waals surface area (Å²) in [6.07, 6.45) is 0.336. The van der Waals surface area contributed by atoms with Gasteiger partial charge in [0.15, 0.2) is 0 Å². The average molecular weight is 507 g/mol. The Labute approximate surface area is 214 Å². The first-order valence-electron chi connectivity index (χ1n) is 12.1. The van der Waals surface area contributed by atoms with Gasteiger partial charge in [0.05, 0.1) is 13.2 Å². The molecule has 0 aliphatic heterocycles. The fourth-order valence-electron chi connectivity index (χ4n) is 4.01. The van der Waals surface area contributed by atoms with Gasteiger partial charge in [-0.15, -0.1) is 4.74 Å². The zero-order valence-electron chi connectivity index (χ0n) is 21.5. The van der Waals surface area contributed by atoms with E-state index in [0.29, 0.717) is 25.4 Å². The molecule has 0 saturated heterocycles. The fourth-order valence-corrected chi connectivity index (χ4v) is 4.01. The Morgan fingerprint density at radius 1 is 0.946 bits per heavy atom. The quantitative estimate of drug-likeness (QED) is 0.304. The van der Waals surface area contributed by atoms with E-state index in [2.05, 4.69) is 18.0 Å². The van der Waals surface area contributed by atoms with Crippen LogP contribution in [0.4, 0.5) is 4.39 Å². The van der Waals surface area contributed by atoms with E-state index < -0.39 is 17.1 Å². The molecule has 0 saturated carbocycles. The second-order valence-corrected chi connectivity index (χ2v) is 9.66. The lowest BCUT2D eigenvalue weighted by atomic mass is 9.93. The highest BCUT2D eigenvalue weighted by atomic mass is 19.1. The number of rotatable bonds is 10. The molecule has 0 fully saturated rings. The predicted molar refractivity (Wildman–Crippen MR) is 140 cm³/mol. The molecule has 7 nitrogen and oxygen atoms in total. The van der Waals surface area contributed by atoms with Crippen molar-refractivity contribution in [3.63, 3.8) is 0 Å². The number of alkyl halides is 1. The molecule has 194 valence electrons. The highest BCUT2D eigenvalue weighted by Crippen LogP contribution is 2.31. The Morgan fingerprint density at radius 2 is 1.68 bits per heavy atom. The molecular weight excluding hydrogens is 475 g/mol. The Morgan fingerprint density at radius 3 is 2.32 bits per heavy atom. The third-order valence-electron chi connectivity index (χ3n) is 6.17. The third kappa shape index (κ3) is 6.78. The first-order chi connectivity index (χ1) is 17.6. The van der Waals surface area contributed by atoms with Gasteiger partial charge in [0, 0.05) is 6.42 Å². The second-order valence-electron chi connectivity index (χ2n) is 9.66. The number of aromatic amines is 1. The maximum atomic E-state index is 13.7. The molecule has 0 unspecified atom stereocenters. The van der Waals surface area contributed by atoms with Crippen LogP contribution in [-0.2, 0) is 13.2 Å². The zero-order chi connectivity index (χ0) is 26.6. The highest BCUT2D eigenvalue weighted by Gasteiger charge is 2.15. The number of benzene rings is 3. The van der Waals surface area contributed by atoms with E-state index in [1.165, 1.54) is 0 Å². The average Bonchev–Trinajstić information content (AvgIpc) is 3.15. The van der Waals surface area contributed by atoms with E-state index in [1.807, 2.05) is 61.5 Å². The van der Waals surface area contributed by atoms with Gasteiger partial charge in [-0.1, -0.05) is 36.4 Å². The maximum absolute atomic E-state index is 13.7. The molecule has 0 spiro atoms. The number of aromatic nitrogens is 2. The molecule has 4 aromatic rings. The number of ether oxygens (including phenoxy) is 2. The number of nitrogens with one attached hydrogen (secondary N) is 1. The topological polar surface area (TPSA) is 86.5 Å². The molecule has 0 amide bonds. The summed E-state index contributed by atoms with van der Waals surface area (Å²) >= 11 is 0. The van der Waals surface area contributed by atoms with Crippen molar-refractivity contribution >= 4 is 0 Å². The molecule has 0 bridgehead atoms. The molecule has 4 rings (SSSR count). The Balaban J connectivity index is 1.41. The van der Waals surface area contributed by atoms with Crippen LogP contribution >= 0.6 is 0 Å². The SMILES string of the molecule is Cc1cc(OCCC(C)(C)F)ccc1-c1cccc(COc2ccc(Cn3oc(=O)[nH]c3=O)cc2)c1C. The van der Waals surface area contributed by atoms with Crippen molar-refractivity contribution in [1.82, 2.24) is 9.72 Å². The number of aryl methyl sites for hydroxylation is 1. The molecule has 0 atom stereocenters. The van der Waals surface area contributed by atoms with Crippen molar-refractivity contribution in [3.05, 3.63) is 104 Å². The van der Waals surface area contributed by atoms with Crippen molar-refractivity contribution in [1.29, 1.82) is 0 Å². The molecule has 1 N–H and O–H groups in total. The number of halogens is 1. The van der Waals surface area contributed by atoms with Gasteiger partial charge in [-0.05, 0) is 85.3 Å². The highest BCUT2D eigenvalue weighted by molar-refractivity contribution is 5.72. The van der Waals surface area contributed by atoms with E-state index in [9.17, 15) is 14.0 Å². The van der Waals surface area contributed by atoms with E-state index in [-0.39, 0.29) is 6.54 Å². The van der Waals surface area contributed by atoms with Gasteiger partial charge in [-0.3, -0.25) is 0 Å². The van der Waals surface area contributed by atoms with Gasteiger partial charge in [-0.25, -0.2) is 19.0 Å². The van der Waals surface area contributed by atoms with E-state index >= 15 is 0 Å². The van der Waals surface area contributed by atoms with Crippen LogP contribution in [-0.4, -0.2) is 22.0 Å². The predicted octanol–water partition coefficient (Wildman–Crippen LogP) is 5.56. The van der Waals surface area contributed by atoms with E-state index in [1.54, 1.807) is 13.8 Å².